The first-order chi connectivity index (χ1) is 10.5. The molecule has 0 spiro atoms. The van der Waals surface area contributed by atoms with E-state index in [4.69, 9.17) is 10.5 Å². The maximum Gasteiger partial charge on any atom is 0.193 e. The molecule has 2 rings (SSSR count). The van der Waals surface area contributed by atoms with Crippen molar-refractivity contribution in [2.24, 2.45) is 10.7 Å². The number of guanidine groups is 1. The van der Waals surface area contributed by atoms with Crippen LogP contribution >= 0.6 is 24.0 Å². The van der Waals surface area contributed by atoms with Crippen LogP contribution in [0.2, 0.25) is 0 Å². The fraction of sp³-hybridized carbons (Fsp3) is 0.278. The number of rotatable bonds is 4. The zero-order valence-electron chi connectivity index (χ0n) is 14.0. The van der Waals surface area contributed by atoms with Gasteiger partial charge in [0.1, 0.15) is 5.75 Å². The molecule has 0 fully saturated rings. The molecule has 0 aliphatic carbocycles. The summed E-state index contributed by atoms with van der Waals surface area (Å²) in [6, 6.07) is 12.2. The van der Waals surface area contributed by atoms with E-state index >= 15 is 0 Å². The Hall–Kier alpha value is -1.76. The van der Waals surface area contributed by atoms with Gasteiger partial charge in [-0.05, 0) is 61.2 Å². The summed E-state index contributed by atoms with van der Waals surface area (Å²) in [6.07, 6.45) is 0. The van der Waals surface area contributed by atoms with Crippen molar-refractivity contribution in [2.45, 2.75) is 27.3 Å². The van der Waals surface area contributed by atoms with E-state index in [1.807, 2.05) is 31.2 Å². The molecular formula is C18H24IN3O. The van der Waals surface area contributed by atoms with Crippen LogP contribution in [0.1, 0.15) is 22.3 Å². The van der Waals surface area contributed by atoms with Gasteiger partial charge in [-0.1, -0.05) is 18.2 Å². The van der Waals surface area contributed by atoms with Gasteiger partial charge >= 0.3 is 0 Å². The Morgan fingerprint density at radius 1 is 1.04 bits per heavy atom. The van der Waals surface area contributed by atoms with Crippen LogP contribution in [-0.4, -0.2) is 13.1 Å². The molecule has 0 aliphatic rings. The number of anilines is 1. The molecular weight excluding hydrogens is 401 g/mol. The van der Waals surface area contributed by atoms with Gasteiger partial charge < -0.3 is 15.8 Å². The second kappa shape index (κ2) is 8.76. The highest BCUT2D eigenvalue weighted by Gasteiger charge is 2.01. The highest BCUT2D eigenvalue weighted by Crippen LogP contribution is 2.19. The van der Waals surface area contributed by atoms with Crippen molar-refractivity contribution in [1.29, 1.82) is 0 Å². The van der Waals surface area contributed by atoms with Crippen LogP contribution in [0.3, 0.4) is 0 Å². The van der Waals surface area contributed by atoms with Gasteiger partial charge in [-0.25, -0.2) is 4.99 Å². The quantitative estimate of drug-likeness (QED) is 0.439. The summed E-state index contributed by atoms with van der Waals surface area (Å²) in [5.41, 5.74) is 11.6. The van der Waals surface area contributed by atoms with Gasteiger partial charge in [0.05, 0.1) is 13.7 Å². The van der Waals surface area contributed by atoms with Gasteiger partial charge in [-0.15, -0.1) is 24.0 Å². The van der Waals surface area contributed by atoms with Crippen molar-refractivity contribution >= 4 is 35.6 Å². The number of nitrogens with one attached hydrogen (secondary N) is 1. The molecule has 0 saturated heterocycles. The van der Waals surface area contributed by atoms with Crippen molar-refractivity contribution in [3.8, 4) is 5.75 Å². The van der Waals surface area contributed by atoms with E-state index < -0.39 is 0 Å². The Bertz CT molecular complexity index is 699. The molecule has 0 unspecified atom stereocenters. The zero-order valence-corrected chi connectivity index (χ0v) is 16.3. The van der Waals surface area contributed by atoms with Crippen molar-refractivity contribution < 1.29 is 4.74 Å². The Labute approximate surface area is 155 Å². The van der Waals surface area contributed by atoms with Crippen LogP contribution in [0.25, 0.3) is 0 Å². The molecule has 0 radical (unpaired) electrons. The highest BCUT2D eigenvalue weighted by molar-refractivity contribution is 14.0. The minimum Gasteiger partial charge on any atom is -0.496 e. The number of benzene rings is 2. The number of nitrogens with zero attached hydrogens (tertiary/aromatic N) is 1. The summed E-state index contributed by atoms with van der Waals surface area (Å²) in [5.74, 6) is 1.27. The van der Waals surface area contributed by atoms with Gasteiger partial charge in [0.25, 0.3) is 0 Å². The number of methoxy groups -OCH3 is 1. The monoisotopic (exact) mass is 425 g/mol. The van der Waals surface area contributed by atoms with Crippen LogP contribution in [0.4, 0.5) is 5.69 Å². The van der Waals surface area contributed by atoms with E-state index in [2.05, 4.69) is 36.3 Å². The van der Waals surface area contributed by atoms with Crippen molar-refractivity contribution in [3.05, 3.63) is 58.7 Å². The van der Waals surface area contributed by atoms with Gasteiger partial charge in [-0.3, -0.25) is 0 Å². The standard InChI is InChI=1S/C18H23N3O.HI/c1-12-6-8-16(9-14(12)3)21-18(19)20-11-15-7-5-13(2)17(10-15)22-4;/h5-10H,11H2,1-4H3,(H3,19,20,21);1H. The molecule has 0 saturated carbocycles. The molecule has 2 aromatic carbocycles. The average Bonchev–Trinajstić information content (AvgIpc) is 2.50. The predicted molar refractivity (Wildman–Crippen MR) is 108 cm³/mol. The normalized spacial score (nSPS) is 10.9. The van der Waals surface area contributed by atoms with Crippen LogP contribution in [0, 0.1) is 20.8 Å². The molecule has 23 heavy (non-hydrogen) atoms. The molecule has 0 atom stereocenters. The van der Waals surface area contributed by atoms with E-state index in [0.29, 0.717) is 12.5 Å². The van der Waals surface area contributed by atoms with E-state index in [-0.39, 0.29) is 24.0 Å². The van der Waals surface area contributed by atoms with Crippen molar-refractivity contribution in [1.82, 2.24) is 0 Å². The summed E-state index contributed by atoms with van der Waals surface area (Å²) in [7, 11) is 1.67. The van der Waals surface area contributed by atoms with Crippen LogP contribution < -0.4 is 15.8 Å². The number of hydrogen-bond donors (Lipinski definition) is 2. The summed E-state index contributed by atoms with van der Waals surface area (Å²) >= 11 is 0. The molecule has 3 N–H and O–H groups in total. The number of ether oxygens (including phenoxy) is 1. The molecule has 0 aromatic heterocycles. The Kier molecular flexibility index (Phi) is 7.35. The topological polar surface area (TPSA) is 59.6 Å². The fourth-order valence-electron chi connectivity index (χ4n) is 2.15. The summed E-state index contributed by atoms with van der Waals surface area (Å²) in [4.78, 5) is 4.37. The summed E-state index contributed by atoms with van der Waals surface area (Å²) in [5, 5.41) is 3.12. The predicted octanol–water partition coefficient (Wildman–Crippen LogP) is 4.17. The lowest BCUT2D eigenvalue weighted by molar-refractivity contribution is 0.411. The minimum atomic E-state index is 0. The summed E-state index contributed by atoms with van der Waals surface area (Å²) < 4.78 is 5.32. The third-order valence-electron chi connectivity index (χ3n) is 3.68. The van der Waals surface area contributed by atoms with E-state index in [1.54, 1.807) is 7.11 Å². The first-order valence-electron chi connectivity index (χ1n) is 7.27. The average molecular weight is 425 g/mol. The molecule has 5 heteroatoms. The number of aryl methyl sites for hydroxylation is 3. The number of halogens is 1. The second-order valence-corrected chi connectivity index (χ2v) is 5.43. The molecule has 0 aliphatic heterocycles. The molecule has 0 amide bonds. The van der Waals surface area contributed by atoms with Gasteiger partial charge in [0, 0.05) is 5.69 Å². The fourth-order valence-corrected chi connectivity index (χ4v) is 2.15. The largest absolute Gasteiger partial charge is 0.496 e. The highest BCUT2D eigenvalue weighted by atomic mass is 127. The lowest BCUT2D eigenvalue weighted by atomic mass is 10.1. The molecule has 4 nitrogen and oxygen atoms in total. The van der Waals surface area contributed by atoms with Gasteiger partial charge in [-0.2, -0.15) is 0 Å². The first kappa shape index (κ1) is 19.3. The van der Waals surface area contributed by atoms with Crippen LogP contribution in [0.15, 0.2) is 41.4 Å². The third-order valence-corrected chi connectivity index (χ3v) is 3.68. The lowest BCUT2D eigenvalue weighted by Crippen LogP contribution is -2.22. The maximum atomic E-state index is 5.95. The lowest BCUT2D eigenvalue weighted by Gasteiger charge is -2.09. The van der Waals surface area contributed by atoms with Crippen molar-refractivity contribution in [2.75, 3.05) is 12.4 Å². The smallest absolute Gasteiger partial charge is 0.193 e. The Morgan fingerprint density at radius 2 is 1.74 bits per heavy atom. The molecule has 124 valence electrons. The molecule has 0 bridgehead atoms. The van der Waals surface area contributed by atoms with Crippen molar-refractivity contribution in [3.63, 3.8) is 0 Å². The molecule has 0 heterocycles. The second-order valence-electron chi connectivity index (χ2n) is 5.43. The Morgan fingerprint density at radius 3 is 2.39 bits per heavy atom. The maximum absolute atomic E-state index is 5.95. The van der Waals surface area contributed by atoms with E-state index in [1.165, 1.54) is 11.1 Å². The first-order valence-corrected chi connectivity index (χ1v) is 7.27. The number of hydrogen-bond acceptors (Lipinski definition) is 2. The third kappa shape index (κ3) is 5.42. The SMILES string of the molecule is COc1cc(CN=C(N)Nc2ccc(C)c(C)c2)ccc1C.I. The zero-order chi connectivity index (χ0) is 16.1. The van der Waals surface area contributed by atoms with Crippen LogP contribution in [-0.2, 0) is 6.54 Å². The van der Waals surface area contributed by atoms with Gasteiger partial charge in [0.2, 0.25) is 0 Å². The van der Waals surface area contributed by atoms with E-state index in [9.17, 15) is 0 Å². The van der Waals surface area contributed by atoms with E-state index in [0.717, 1.165) is 22.6 Å². The number of nitrogens with two attached hydrogens (primary N) is 1. The molecule has 2 aromatic rings. The minimum absolute atomic E-state index is 0. The Balaban J connectivity index is 0.00000264. The van der Waals surface area contributed by atoms with Crippen LogP contribution in [0.5, 0.6) is 5.75 Å². The summed E-state index contributed by atoms with van der Waals surface area (Å²) in [6.45, 7) is 6.69. The number of aliphatic imine (C=N–C) groups is 1. The van der Waals surface area contributed by atoms with Gasteiger partial charge in [0.15, 0.2) is 5.96 Å².